The van der Waals surface area contributed by atoms with Gasteiger partial charge in [0.1, 0.15) is 11.8 Å². The van der Waals surface area contributed by atoms with Crippen molar-refractivity contribution in [1.82, 2.24) is 9.55 Å². The Bertz CT molecular complexity index is 859. The second kappa shape index (κ2) is 5.54. The number of hydrogen-bond acceptors (Lipinski definition) is 3. The summed E-state index contributed by atoms with van der Waals surface area (Å²) in [4.78, 5) is 14.7. The van der Waals surface area contributed by atoms with E-state index in [0.717, 1.165) is 11.1 Å². The van der Waals surface area contributed by atoms with Crippen LogP contribution in [0.5, 0.6) is 0 Å². The molecule has 5 heteroatoms. The molecule has 0 bridgehead atoms. The van der Waals surface area contributed by atoms with Gasteiger partial charge >= 0.3 is 5.97 Å². The molecule has 0 aliphatic heterocycles. The molecule has 0 radical (unpaired) electrons. The molecule has 3 rings (SSSR count). The van der Waals surface area contributed by atoms with Gasteiger partial charge in [0.2, 0.25) is 0 Å². The van der Waals surface area contributed by atoms with Crippen molar-refractivity contribution in [2.75, 3.05) is 0 Å². The third kappa shape index (κ3) is 2.45. The summed E-state index contributed by atoms with van der Waals surface area (Å²) in [6, 6.07) is 14.9. The molecule has 1 N–H and O–H groups in total. The molecule has 0 saturated heterocycles. The Hall–Kier alpha value is -3.39. The molecule has 0 amide bonds. The predicted octanol–water partition coefficient (Wildman–Crippen LogP) is 3.11. The summed E-state index contributed by atoms with van der Waals surface area (Å²) in [5, 5.41) is 18.2. The normalized spacial score (nSPS) is 10.1. The maximum atomic E-state index is 10.8. The molecule has 5 nitrogen and oxygen atoms in total. The number of hydrogen-bond donors (Lipinski definition) is 1. The summed E-state index contributed by atoms with van der Waals surface area (Å²) in [5.41, 5.74) is 3.01. The van der Waals surface area contributed by atoms with Crippen LogP contribution in [0.2, 0.25) is 0 Å². The third-order valence-corrected chi connectivity index (χ3v) is 3.30. The van der Waals surface area contributed by atoms with Crippen LogP contribution in [0.1, 0.15) is 16.1 Å². The number of aromatic nitrogens is 2. The number of carboxylic acids is 1. The zero-order valence-corrected chi connectivity index (χ0v) is 11.5. The van der Waals surface area contributed by atoms with E-state index in [1.165, 1.54) is 12.3 Å². The number of carboxylic acid groups (broad SMARTS) is 1. The zero-order chi connectivity index (χ0) is 15.5. The maximum Gasteiger partial charge on any atom is 0.354 e. The summed E-state index contributed by atoms with van der Waals surface area (Å²) >= 11 is 0. The number of nitriles is 1. The van der Waals surface area contributed by atoms with Crippen LogP contribution in [0, 0.1) is 11.3 Å². The average molecular weight is 289 g/mol. The molecular formula is C17H11N3O2. The largest absolute Gasteiger partial charge is 0.477 e. The van der Waals surface area contributed by atoms with E-state index in [-0.39, 0.29) is 5.69 Å². The van der Waals surface area contributed by atoms with Gasteiger partial charge < -0.3 is 9.67 Å². The highest BCUT2D eigenvalue weighted by atomic mass is 16.4. The van der Waals surface area contributed by atoms with Gasteiger partial charge in [-0.15, -0.1) is 0 Å². The number of nitrogens with zero attached hydrogens (tertiary/aromatic N) is 3. The summed E-state index contributed by atoms with van der Waals surface area (Å²) in [7, 11) is 0. The number of carbonyl (C=O) groups is 1. The fourth-order valence-electron chi connectivity index (χ4n) is 2.21. The average Bonchev–Trinajstić information content (AvgIpc) is 3.00. The highest BCUT2D eigenvalue weighted by molar-refractivity contribution is 5.85. The fraction of sp³-hybridized carbons (Fsp3) is 0. The minimum atomic E-state index is -1.07. The monoisotopic (exact) mass is 289 g/mol. The van der Waals surface area contributed by atoms with E-state index >= 15 is 0 Å². The lowest BCUT2D eigenvalue weighted by Gasteiger charge is -2.02. The van der Waals surface area contributed by atoms with Gasteiger partial charge in [0.15, 0.2) is 0 Å². The second-order valence-electron chi connectivity index (χ2n) is 4.68. The Balaban J connectivity index is 2.04. The minimum absolute atomic E-state index is 0.0142. The molecule has 0 aliphatic rings. The third-order valence-electron chi connectivity index (χ3n) is 3.30. The fourth-order valence-corrected chi connectivity index (χ4v) is 2.21. The van der Waals surface area contributed by atoms with Crippen LogP contribution in [0.3, 0.4) is 0 Å². The smallest absolute Gasteiger partial charge is 0.354 e. The van der Waals surface area contributed by atoms with E-state index in [2.05, 4.69) is 11.1 Å². The Morgan fingerprint density at radius 1 is 1.14 bits per heavy atom. The van der Waals surface area contributed by atoms with Crippen LogP contribution in [0.15, 0.2) is 61.1 Å². The summed E-state index contributed by atoms with van der Waals surface area (Å²) < 4.78 is 1.76. The first-order chi connectivity index (χ1) is 10.7. The van der Waals surface area contributed by atoms with Crippen molar-refractivity contribution in [1.29, 1.82) is 5.26 Å². The predicted molar refractivity (Wildman–Crippen MR) is 80.7 cm³/mol. The number of benzene rings is 1. The van der Waals surface area contributed by atoms with Gasteiger partial charge in [-0.3, -0.25) is 0 Å². The van der Waals surface area contributed by atoms with Crippen LogP contribution in [0.4, 0.5) is 0 Å². The highest BCUT2D eigenvalue weighted by Gasteiger charge is 2.10. The molecule has 1 aromatic carbocycles. The van der Waals surface area contributed by atoms with E-state index in [4.69, 9.17) is 5.11 Å². The van der Waals surface area contributed by atoms with Crippen molar-refractivity contribution in [3.63, 3.8) is 0 Å². The van der Waals surface area contributed by atoms with Crippen LogP contribution < -0.4 is 0 Å². The van der Waals surface area contributed by atoms with Gasteiger partial charge in [-0.2, -0.15) is 5.26 Å². The molecule has 0 saturated carbocycles. The number of rotatable bonds is 3. The molecule has 2 aromatic heterocycles. The quantitative estimate of drug-likeness (QED) is 0.803. The lowest BCUT2D eigenvalue weighted by Crippen LogP contribution is -2.00. The van der Waals surface area contributed by atoms with Gasteiger partial charge in [-0.05, 0) is 17.7 Å². The summed E-state index contributed by atoms with van der Waals surface area (Å²) in [6.07, 6.45) is 5.02. The molecule has 106 valence electrons. The van der Waals surface area contributed by atoms with Crippen molar-refractivity contribution in [2.24, 2.45) is 0 Å². The zero-order valence-electron chi connectivity index (χ0n) is 11.5. The van der Waals surface area contributed by atoms with Crippen molar-refractivity contribution in [3.05, 3.63) is 72.3 Å². The molecule has 22 heavy (non-hydrogen) atoms. The van der Waals surface area contributed by atoms with E-state index in [1.807, 2.05) is 36.5 Å². The van der Waals surface area contributed by atoms with Crippen LogP contribution >= 0.6 is 0 Å². The second-order valence-corrected chi connectivity index (χ2v) is 4.68. The molecule has 2 heterocycles. The van der Waals surface area contributed by atoms with Gasteiger partial charge in [0.05, 0.1) is 17.4 Å². The molecule has 0 spiro atoms. The van der Waals surface area contributed by atoms with Crippen LogP contribution in [-0.2, 0) is 0 Å². The first kappa shape index (κ1) is 13.6. The molecular weight excluding hydrogens is 278 g/mol. The Kier molecular flexibility index (Phi) is 3.42. The minimum Gasteiger partial charge on any atom is -0.477 e. The van der Waals surface area contributed by atoms with Crippen LogP contribution in [0.25, 0.3) is 16.8 Å². The maximum absolute atomic E-state index is 10.8. The first-order valence-electron chi connectivity index (χ1n) is 6.56. The summed E-state index contributed by atoms with van der Waals surface area (Å²) in [5.74, 6) is -1.07. The van der Waals surface area contributed by atoms with E-state index in [0.29, 0.717) is 11.3 Å². The number of pyridine rings is 1. The van der Waals surface area contributed by atoms with Gasteiger partial charge in [0, 0.05) is 18.0 Å². The van der Waals surface area contributed by atoms with E-state index < -0.39 is 5.97 Å². The molecule has 0 fully saturated rings. The Morgan fingerprint density at radius 2 is 1.91 bits per heavy atom. The van der Waals surface area contributed by atoms with Crippen molar-refractivity contribution >= 4 is 5.97 Å². The SMILES string of the molecule is N#Cc1cn(-c2ccc(C(=O)O)nc2)cc1-c1ccccc1. The van der Waals surface area contributed by atoms with Gasteiger partial charge in [0.25, 0.3) is 0 Å². The summed E-state index contributed by atoms with van der Waals surface area (Å²) in [6.45, 7) is 0. The Morgan fingerprint density at radius 3 is 2.50 bits per heavy atom. The first-order valence-corrected chi connectivity index (χ1v) is 6.56. The lowest BCUT2D eigenvalue weighted by molar-refractivity contribution is 0.0690. The van der Waals surface area contributed by atoms with E-state index in [1.54, 1.807) is 16.8 Å². The molecule has 0 unspecified atom stereocenters. The van der Waals surface area contributed by atoms with Crippen molar-refractivity contribution in [2.45, 2.75) is 0 Å². The number of aromatic carboxylic acids is 1. The lowest BCUT2D eigenvalue weighted by atomic mass is 10.1. The molecule has 0 aliphatic carbocycles. The molecule has 0 atom stereocenters. The standard InChI is InChI=1S/C17H11N3O2/c18-8-13-10-20(11-15(13)12-4-2-1-3-5-12)14-6-7-16(17(21)22)19-9-14/h1-7,9-11H,(H,21,22). The van der Waals surface area contributed by atoms with Crippen molar-refractivity contribution in [3.8, 4) is 22.9 Å². The molecule has 3 aromatic rings. The van der Waals surface area contributed by atoms with Gasteiger partial charge in [-0.25, -0.2) is 9.78 Å². The topological polar surface area (TPSA) is 78.9 Å². The van der Waals surface area contributed by atoms with Crippen LogP contribution in [-0.4, -0.2) is 20.6 Å². The highest BCUT2D eigenvalue weighted by Crippen LogP contribution is 2.25. The van der Waals surface area contributed by atoms with E-state index in [9.17, 15) is 10.1 Å². The van der Waals surface area contributed by atoms with Crippen molar-refractivity contribution < 1.29 is 9.90 Å². The Labute approximate surface area is 126 Å². The van der Waals surface area contributed by atoms with Gasteiger partial charge in [-0.1, -0.05) is 30.3 Å².